The molecule has 2 amide bonds. The van der Waals surface area contributed by atoms with Gasteiger partial charge in [0, 0.05) is 22.9 Å². The molecule has 3 N–H and O–H groups in total. The van der Waals surface area contributed by atoms with Gasteiger partial charge in [-0.3, -0.25) is 14.9 Å². The van der Waals surface area contributed by atoms with Gasteiger partial charge in [-0.1, -0.05) is 48.2 Å². The number of carboxylic acid groups (broad SMARTS) is 1. The monoisotopic (exact) mass is 501 g/mol. The van der Waals surface area contributed by atoms with Crippen molar-refractivity contribution in [2.75, 3.05) is 17.3 Å². The van der Waals surface area contributed by atoms with Crippen molar-refractivity contribution in [3.05, 3.63) is 71.2 Å². The molecule has 1 heterocycles. The Morgan fingerprint density at radius 3 is 2.61 bits per heavy atom. The van der Waals surface area contributed by atoms with Gasteiger partial charge in [0.15, 0.2) is 5.13 Å². The lowest BCUT2D eigenvalue weighted by molar-refractivity contribution is -0.139. The molecule has 0 fully saturated rings. The van der Waals surface area contributed by atoms with Crippen molar-refractivity contribution in [1.82, 2.24) is 10.3 Å². The molecule has 1 atom stereocenters. The number of benzene rings is 2. The molecule has 1 aromatic heterocycles. The van der Waals surface area contributed by atoms with E-state index in [9.17, 15) is 19.5 Å². The van der Waals surface area contributed by atoms with E-state index in [0.29, 0.717) is 34.2 Å². The molecule has 7 nitrogen and oxygen atoms in total. The van der Waals surface area contributed by atoms with Crippen LogP contribution < -0.4 is 10.6 Å². The van der Waals surface area contributed by atoms with Crippen molar-refractivity contribution in [3.63, 3.8) is 0 Å². The summed E-state index contributed by atoms with van der Waals surface area (Å²) in [6.07, 6.45) is 3.85. The van der Waals surface area contributed by atoms with Crippen LogP contribution in [0, 0.1) is 0 Å². The van der Waals surface area contributed by atoms with Crippen LogP contribution in [-0.4, -0.2) is 45.3 Å². The number of hydrogen-bond acceptors (Lipinski definition) is 7. The smallest absolute Gasteiger partial charge is 0.326 e. The second-order valence-electron chi connectivity index (χ2n) is 6.93. The Labute approximate surface area is 204 Å². The van der Waals surface area contributed by atoms with Crippen LogP contribution in [0.4, 0.5) is 9.93 Å². The molecule has 0 bridgehead atoms. The molecule has 172 valence electrons. The summed E-state index contributed by atoms with van der Waals surface area (Å²) in [5, 5.41) is 17.0. The Morgan fingerprint density at radius 2 is 1.94 bits per heavy atom. The Bertz CT molecular complexity index is 1090. The third kappa shape index (κ3) is 7.34. The van der Waals surface area contributed by atoms with E-state index in [0.717, 1.165) is 22.9 Å². The van der Waals surface area contributed by atoms with Crippen molar-refractivity contribution < 1.29 is 19.5 Å². The van der Waals surface area contributed by atoms with Crippen molar-refractivity contribution in [2.45, 2.75) is 18.2 Å². The maximum absolute atomic E-state index is 13.0. The third-order valence-electron chi connectivity index (χ3n) is 4.64. The lowest BCUT2D eigenvalue weighted by atomic mass is 9.97. The molecule has 0 aliphatic carbocycles. The molecule has 2 aromatic carbocycles. The number of aliphatic carboxylic acids is 1. The van der Waals surface area contributed by atoms with Gasteiger partial charge in [0.05, 0.1) is 0 Å². The topological polar surface area (TPSA) is 108 Å². The van der Waals surface area contributed by atoms with E-state index < -0.39 is 17.9 Å². The third-order valence-corrected chi connectivity index (χ3v) is 6.81. The minimum absolute atomic E-state index is 0.217. The number of aromatic nitrogens is 1. The number of hydrogen-bond donors (Lipinski definition) is 3. The highest BCUT2D eigenvalue weighted by Gasteiger charge is 2.22. The quantitative estimate of drug-likeness (QED) is 0.350. The van der Waals surface area contributed by atoms with Crippen LogP contribution in [0.3, 0.4) is 0 Å². The SMILES string of the molecule is CSCC[C@H](NC(=O)c1ccc(CSC(=O)Nc2nccs2)cc1-c1ccccc1)C(=O)O. The summed E-state index contributed by atoms with van der Waals surface area (Å²) in [5.41, 5.74) is 2.76. The molecule has 3 rings (SSSR count). The number of carboxylic acids is 1. The first kappa shape index (κ1) is 24.8. The van der Waals surface area contributed by atoms with E-state index in [2.05, 4.69) is 15.6 Å². The summed E-state index contributed by atoms with van der Waals surface area (Å²) in [7, 11) is 0. The van der Waals surface area contributed by atoms with Gasteiger partial charge in [-0.05, 0) is 47.3 Å². The lowest BCUT2D eigenvalue weighted by Gasteiger charge is -2.17. The molecule has 0 spiro atoms. The summed E-state index contributed by atoms with van der Waals surface area (Å²) in [5.74, 6) is -0.465. The number of carbonyl (C=O) groups excluding carboxylic acids is 2. The number of anilines is 1. The van der Waals surface area contributed by atoms with Crippen molar-refractivity contribution in [1.29, 1.82) is 0 Å². The number of nitrogens with zero attached hydrogens (tertiary/aromatic N) is 1. The summed E-state index contributed by atoms with van der Waals surface area (Å²) < 4.78 is 0. The summed E-state index contributed by atoms with van der Waals surface area (Å²) in [6, 6.07) is 13.8. The zero-order valence-electron chi connectivity index (χ0n) is 17.8. The minimum atomic E-state index is -1.06. The number of thiazole rings is 1. The van der Waals surface area contributed by atoms with Crippen LogP contribution in [0.25, 0.3) is 11.1 Å². The molecule has 0 saturated carbocycles. The Balaban J connectivity index is 1.79. The maximum atomic E-state index is 13.0. The molecule has 3 aromatic rings. The van der Waals surface area contributed by atoms with E-state index in [4.69, 9.17) is 0 Å². The number of carbonyl (C=O) groups is 3. The highest BCUT2D eigenvalue weighted by atomic mass is 32.2. The van der Waals surface area contributed by atoms with Crippen molar-refractivity contribution >= 4 is 57.1 Å². The highest BCUT2D eigenvalue weighted by molar-refractivity contribution is 8.13. The molecular weight excluding hydrogens is 478 g/mol. The van der Waals surface area contributed by atoms with Crippen molar-refractivity contribution in [2.24, 2.45) is 0 Å². The largest absolute Gasteiger partial charge is 0.480 e. The number of amides is 2. The Morgan fingerprint density at radius 1 is 1.15 bits per heavy atom. The second kappa shape index (κ2) is 12.4. The van der Waals surface area contributed by atoms with Gasteiger partial charge >= 0.3 is 5.97 Å². The predicted molar refractivity (Wildman–Crippen MR) is 136 cm³/mol. The van der Waals surface area contributed by atoms with E-state index >= 15 is 0 Å². The molecular formula is C23H23N3O4S3. The Kier molecular flexibility index (Phi) is 9.35. The first-order valence-corrected chi connectivity index (χ1v) is 13.3. The van der Waals surface area contributed by atoms with Crippen LogP contribution in [0.2, 0.25) is 0 Å². The first-order valence-electron chi connectivity index (χ1n) is 10.0. The number of rotatable bonds is 10. The number of nitrogens with one attached hydrogen (secondary N) is 2. The zero-order valence-corrected chi connectivity index (χ0v) is 20.3. The molecule has 0 aliphatic heterocycles. The van der Waals surface area contributed by atoms with Gasteiger partial charge in [-0.2, -0.15) is 11.8 Å². The zero-order chi connectivity index (χ0) is 23.6. The standard InChI is InChI=1S/C23H23N3O4S3/c1-31-11-9-19(21(28)29)25-20(27)17-8-7-15(13-18(17)16-5-3-2-4-6-16)14-33-23(30)26-22-24-10-12-32-22/h2-8,10,12-13,19H,9,11,14H2,1H3,(H,25,27)(H,28,29)(H,24,26,30)/t19-/m0/s1. The average Bonchev–Trinajstić information content (AvgIpc) is 3.33. The Hall–Kier alpha value is -2.82. The lowest BCUT2D eigenvalue weighted by Crippen LogP contribution is -2.41. The average molecular weight is 502 g/mol. The van der Waals surface area contributed by atoms with Crippen LogP contribution in [-0.2, 0) is 10.5 Å². The van der Waals surface area contributed by atoms with Crippen LogP contribution >= 0.6 is 34.9 Å². The van der Waals surface area contributed by atoms with Crippen molar-refractivity contribution in [3.8, 4) is 11.1 Å². The van der Waals surface area contributed by atoms with Crippen LogP contribution in [0.1, 0.15) is 22.3 Å². The molecule has 0 aliphatic rings. The maximum Gasteiger partial charge on any atom is 0.326 e. The second-order valence-corrected chi connectivity index (χ2v) is 9.76. The summed E-state index contributed by atoms with van der Waals surface area (Å²) >= 11 is 3.98. The van der Waals surface area contributed by atoms with Gasteiger partial charge < -0.3 is 10.4 Å². The highest BCUT2D eigenvalue weighted by Crippen LogP contribution is 2.27. The van der Waals surface area contributed by atoms with Crippen LogP contribution in [0.15, 0.2) is 60.1 Å². The number of thioether (sulfide) groups is 2. The van der Waals surface area contributed by atoms with Crippen LogP contribution in [0.5, 0.6) is 0 Å². The fourth-order valence-corrected chi connectivity index (χ4v) is 4.73. The van der Waals surface area contributed by atoms with E-state index in [-0.39, 0.29) is 5.24 Å². The normalized spacial score (nSPS) is 11.5. The molecule has 0 saturated heterocycles. The fraction of sp³-hybridized carbons (Fsp3) is 0.217. The van der Waals surface area contributed by atoms with Gasteiger partial charge in [0.2, 0.25) is 0 Å². The van der Waals surface area contributed by atoms with E-state index in [1.807, 2.05) is 42.7 Å². The molecule has 0 unspecified atom stereocenters. The van der Waals surface area contributed by atoms with Gasteiger partial charge in [0.25, 0.3) is 11.1 Å². The van der Waals surface area contributed by atoms with Gasteiger partial charge in [0.1, 0.15) is 6.04 Å². The van der Waals surface area contributed by atoms with E-state index in [1.165, 1.54) is 23.1 Å². The molecule has 10 heteroatoms. The summed E-state index contributed by atoms with van der Waals surface area (Å²) in [6.45, 7) is 0. The molecule has 0 radical (unpaired) electrons. The minimum Gasteiger partial charge on any atom is -0.480 e. The summed E-state index contributed by atoms with van der Waals surface area (Å²) in [4.78, 5) is 40.8. The molecule has 33 heavy (non-hydrogen) atoms. The van der Waals surface area contributed by atoms with Gasteiger partial charge in [-0.15, -0.1) is 11.3 Å². The predicted octanol–water partition coefficient (Wildman–Crippen LogP) is 5.21. The first-order chi connectivity index (χ1) is 16.0. The van der Waals surface area contributed by atoms with E-state index in [1.54, 1.807) is 23.7 Å². The fourth-order valence-electron chi connectivity index (χ4n) is 3.02. The van der Waals surface area contributed by atoms with Gasteiger partial charge in [-0.25, -0.2) is 9.78 Å².